The van der Waals surface area contributed by atoms with Gasteiger partial charge in [-0.1, -0.05) is 0 Å². The van der Waals surface area contributed by atoms with Crippen LogP contribution in [0.4, 0.5) is 0 Å². The lowest BCUT2D eigenvalue weighted by atomic mass is 10.5. The van der Waals surface area contributed by atoms with E-state index in [-0.39, 0.29) is 11.2 Å². The van der Waals surface area contributed by atoms with Gasteiger partial charge < -0.3 is 4.98 Å². The molecule has 0 aliphatic carbocycles. The van der Waals surface area contributed by atoms with Crippen LogP contribution in [-0.4, -0.2) is 23.5 Å². The molecule has 0 bridgehead atoms. The minimum absolute atomic E-state index is 0.304. The van der Waals surface area contributed by atoms with Crippen molar-refractivity contribution in [3.8, 4) is 0 Å². The molecule has 3 rings (SSSR count). The first-order valence-electron chi connectivity index (χ1n) is 5.71. The van der Waals surface area contributed by atoms with Crippen LogP contribution in [0, 0.1) is 6.92 Å². The molecule has 7 heteroatoms. The van der Waals surface area contributed by atoms with Crippen molar-refractivity contribution in [2.45, 2.75) is 20.4 Å². The van der Waals surface area contributed by atoms with Gasteiger partial charge >= 0.3 is 5.69 Å². The van der Waals surface area contributed by atoms with Gasteiger partial charge in [0.1, 0.15) is 0 Å². The Kier molecular flexibility index (Phi) is 2.01. The first kappa shape index (κ1) is 10.8. The molecule has 0 radical (unpaired) electrons. The second-order valence-electron chi connectivity index (χ2n) is 4.31. The van der Waals surface area contributed by atoms with E-state index in [1.54, 1.807) is 24.6 Å². The third-order valence-corrected chi connectivity index (χ3v) is 3.12. The van der Waals surface area contributed by atoms with Crippen LogP contribution in [-0.2, 0) is 13.6 Å². The highest BCUT2D eigenvalue weighted by Gasteiger charge is 2.16. The fraction of sp³-hybridized carbons (Fsp3) is 0.364. The van der Waals surface area contributed by atoms with Gasteiger partial charge in [0.15, 0.2) is 11.2 Å². The van der Waals surface area contributed by atoms with E-state index in [4.69, 9.17) is 0 Å². The highest BCUT2D eigenvalue weighted by atomic mass is 16.2. The summed E-state index contributed by atoms with van der Waals surface area (Å²) in [6.45, 7) is 4.01. The Morgan fingerprint density at radius 1 is 1.39 bits per heavy atom. The molecule has 0 unspecified atom stereocenters. The van der Waals surface area contributed by atoms with Crippen LogP contribution < -0.4 is 11.2 Å². The van der Waals surface area contributed by atoms with Gasteiger partial charge in [-0.3, -0.25) is 18.3 Å². The number of imidazole rings is 2. The SMILES string of the molecule is CCn1c(=O)c2c(nc3[nH]c(C)cn32)n(C)c1=O. The van der Waals surface area contributed by atoms with Crippen LogP contribution in [0.5, 0.6) is 0 Å². The summed E-state index contributed by atoms with van der Waals surface area (Å²) in [5, 5.41) is 0. The highest BCUT2D eigenvalue weighted by Crippen LogP contribution is 2.11. The van der Waals surface area contributed by atoms with Crippen molar-refractivity contribution in [1.82, 2.24) is 23.5 Å². The number of nitrogens with zero attached hydrogens (tertiary/aromatic N) is 4. The quantitative estimate of drug-likeness (QED) is 0.657. The zero-order valence-electron chi connectivity index (χ0n) is 10.4. The van der Waals surface area contributed by atoms with E-state index in [2.05, 4.69) is 9.97 Å². The zero-order valence-corrected chi connectivity index (χ0v) is 10.4. The van der Waals surface area contributed by atoms with Crippen molar-refractivity contribution < 1.29 is 0 Å². The summed E-state index contributed by atoms with van der Waals surface area (Å²) < 4.78 is 4.30. The van der Waals surface area contributed by atoms with E-state index < -0.39 is 0 Å². The number of aromatic amines is 1. The maximum atomic E-state index is 12.3. The van der Waals surface area contributed by atoms with Gasteiger partial charge in [0, 0.05) is 25.5 Å². The molecule has 0 spiro atoms. The lowest BCUT2D eigenvalue weighted by Crippen LogP contribution is -2.38. The van der Waals surface area contributed by atoms with Crippen molar-refractivity contribution in [2.24, 2.45) is 7.05 Å². The molecule has 0 saturated heterocycles. The molecule has 18 heavy (non-hydrogen) atoms. The Balaban J connectivity index is 2.67. The Morgan fingerprint density at radius 2 is 2.11 bits per heavy atom. The lowest BCUT2D eigenvalue weighted by molar-refractivity contribution is 0.637. The van der Waals surface area contributed by atoms with Crippen LogP contribution in [0.3, 0.4) is 0 Å². The Morgan fingerprint density at radius 3 is 2.78 bits per heavy atom. The summed E-state index contributed by atoms with van der Waals surface area (Å²) in [5.74, 6) is 0.573. The number of rotatable bonds is 1. The second kappa shape index (κ2) is 3.34. The summed E-state index contributed by atoms with van der Waals surface area (Å²) in [5.41, 5.74) is 1.10. The Labute approximate surface area is 101 Å². The van der Waals surface area contributed by atoms with Crippen molar-refractivity contribution in [1.29, 1.82) is 0 Å². The molecule has 7 nitrogen and oxygen atoms in total. The van der Waals surface area contributed by atoms with E-state index in [9.17, 15) is 9.59 Å². The fourth-order valence-electron chi connectivity index (χ4n) is 2.23. The summed E-state index contributed by atoms with van der Waals surface area (Å²) in [7, 11) is 1.62. The third kappa shape index (κ3) is 1.15. The lowest BCUT2D eigenvalue weighted by Gasteiger charge is -2.04. The number of nitrogens with one attached hydrogen (secondary N) is 1. The number of aryl methyl sites for hydroxylation is 2. The average molecular weight is 247 g/mol. The molecular weight excluding hydrogens is 234 g/mol. The largest absolute Gasteiger partial charge is 0.332 e. The minimum Gasteiger partial charge on any atom is -0.328 e. The molecular formula is C11H13N5O2. The molecule has 0 saturated carbocycles. The summed E-state index contributed by atoms with van der Waals surface area (Å²) >= 11 is 0. The van der Waals surface area contributed by atoms with Gasteiger partial charge in [0.05, 0.1) is 0 Å². The van der Waals surface area contributed by atoms with Gasteiger partial charge in [-0.2, -0.15) is 4.98 Å². The van der Waals surface area contributed by atoms with Crippen molar-refractivity contribution in [2.75, 3.05) is 0 Å². The minimum atomic E-state index is -0.340. The van der Waals surface area contributed by atoms with E-state index in [0.29, 0.717) is 23.5 Å². The van der Waals surface area contributed by atoms with Crippen molar-refractivity contribution in [3.05, 3.63) is 32.7 Å². The standard InChI is InChI=1S/C11H13N5O2/c1-4-15-9(17)7-8(14(3)11(15)18)13-10-12-6(2)5-16(7)10/h5H,4H2,1-3H3,(H,12,13). The van der Waals surface area contributed by atoms with E-state index >= 15 is 0 Å². The molecule has 0 aliphatic heterocycles. The molecule has 3 aromatic rings. The molecule has 0 aliphatic rings. The molecule has 1 N–H and O–H groups in total. The molecule has 0 aromatic carbocycles. The van der Waals surface area contributed by atoms with Gasteiger partial charge in [-0.25, -0.2) is 4.79 Å². The number of aromatic nitrogens is 5. The monoisotopic (exact) mass is 247 g/mol. The van der Waals surface area contributed by atoms with Crippen LogP contribution in [0.2, 0.25) is 0 Å². The highest BCUT2D eigenvalue weighted by molar-refractivity contribution is 5.75. The maximum absolute atomic E-state index is 12.3. The van der Waals surface area contributed by atoms with Gasteiger partial charge in [-0.15, -0.1) is 0 Å². The van der Waals surface area contributed by atoms with E-state index in [0.717, 1.165) is 5.69 Å². The van der Waals surface area contributed by atoms with Crippen molar-refractivity contribution >= 4 is 16.9 Å². The number of hydrogen-bond donors (Lipinski definition) is 1. The first-order chi connectivity index (χ1) is 8.54. The van der Waals surface area contributed by atoms with Crippen molar-refractivity contribution in [3.63, 3.8) is 0 Å². The first-order valence-corrected chi connectivity index (χ1v) is 5.71. The third-order valence-electron chi connectivity index (χ3n) is 3.12. The Bertz CT molecular complexity index is 877. The number of fused-ring (bicyclic) bond motifs is 3. The molecule has 3 aromatic heterocycles. The summed E-state index contributed by atoms with van der Waals surface area (Å²) in [6.07, 6.45) is 1.80. The van der Waals surface area contributed by atoms with Gasteiger partial charge in [0.25, 0.3) is 5.56 Å². The van der Waals surface area contributed by atoms with Crippen LogP contribution in [0.1, 0.15) is 12.6 Å². The zero-order chi connectivity index (χ0) is 13.0. The molecule has 94 valence electrons. The van der Waals surface area contributed by atoms with Crippen LogP contribution in [0.25, 0.3) is 16.9 Å². The molecule has 3 heterocycles. The van der Waals surface area contributed by atoms with E-state index in [1.165, 1.54) is 9.13 Å². The summed E-state index contributed by atoms with van der Waals surface area (Å²) in [6, 6.07) is 0. The topological polar surface area (TPSA) is 77.1 Å². The predicted molar refractivity (Wildman–Crippen MR) is 67.0 cm³/mol. The number of H-pyrrole nitrogens is 1. The Hall–Kier alpha value is -2.31. The van der Waals surface area contributed by atoms with Crippen LogP contribution >= 0.6 is 0 Å². The molecule has 0 atom stereocenters. The van der Waals surface area contributed by atoms with E-state index in [1.807, 2.05) is 6.92 Å². The summed E-state index contributed by atoms with van der Waals surface area (Å²) in [4.78, 5) is 31.6. The fourth-order valence-corrected chi connectivity index (χ4v) is 2.23. The van der Waals surface area contributed by atoms with Gasteiger partial charge in [0.2, 0.25) is 5.78 Å². The number of hydrogen-bond acceptors (Lipinski definition) is 3. The van der Waals surface area contributed by atoms with Gasteiger partial charge in [-0.05, 0) is 13.8 Å². The normalized spacial score (nSPS) is 11.7. The average Bonchev–Trinajstić information content (AvgIpc) is 2.82. The second-order valence-corrected chi connectivity index (χ2v) is 4.31. The molecule has 0 fully saturated rings. The molecule has 0 amide bonds. The smallest absolute Gasteiger partial charge is 0.328 e. The predicted octanol–water partition coefficient (Wildman–Crippen LogP) is 0.00432. The van der Waals surface area contributed by atoms with Crippen LogP contribution in [0.15, 0.2) is 15.8 Å². The maximum Gasteiger partial charge on any atom is 0.332 e.